The van der Waals surface area contributed by atoms with Crippen molar-refractivity contribution >= 4 is 12.0 Å². The summed E-state index contributed by atoms with van der Waals surface area (Å²) in [6, 6.07) is 5.56. The summed E-state index contributed by atoms with van der Waals surface area (Å²) in [7, 11) is 0. The Morgan fingerprint density at radius 2 is 2.00 bits per heavy atom. The van der Waals surface area contributed by atoms with Gasteiger partial charge in [0.05, 0.1) is 18.8 Å². The van der Waals surface area contributed by atoms with Crippen molar-refractivity contribution in [2.45, 2.75) is 13.5 Å². The molecule has 1 aromatic rings. The molecule has 0 bridgehead atoms. The van der Waals surface area contributed by atoms with Gasteiger partial charge >= 0.3 is 12.0 Å². The van der Waals surface area contributed by atoms with Crippen molar-refractivity contribution in [1.82, 2.24) is 20.1 Å². The van der Waals surface area contributed by atoms with Crippen molar-refractivity contribution in [2.75, 3.05) is 32.7 Å². The number of carbonyl (C=O) groups excluding carboxylic acids is 1. The number of aliphatic carboxylic acids is 1. The second-order valence-electron chi connectivity index (χ2n) is 5.09. The molecule has 0 unspecified atom stereocenters. The first-order valence-corrected chi connectivity index (χ1v) is 6.94. The lowest BCUT2D eigenvalue weighted by atomic mass is 10.3. The summed E-state index contributed by atoms with van der Waals surface area (Å²) >= 11 is 0. The van der Waals surface area contributed by atoms with Crippen molar-refractivity contribution in [2.24, 2.45) is 0 Å². The number of aryl methyl sites for hydroxylation is 1. The molecule has 7 heteroatoms. The number of nitrogens with zero attached hydrogens (tertiary/aromatic N) is 3. The van der Waals surface area contributed by atoms with Gasteiger partial charge < -0.3 is 15.3 Å². The van der Waals surface area contributed by atoms with E-state index in [1.54, 1.807) is 4.90 Å². The molecule has 1 fully saturated rings. The van der Waals surface area contributed by atoms with E-state index in [9.17, 15) is 9.59 Å². The summed E-state index contributed by atoms with van der Waals surface area (Å²) in [6.45, 7) is 4.59. The van der Waals surface area contributed by atoms with Gasteiger partial charge in [-0.25, -0.2) is 4.79 Å². The molecule has 1 aromatic heterocycles. The van der Waals surface area contributed by atoms with Crippen LogP contribution in [-0.2, 0) is 11.3 Å². The van der Waals surface area contributed by atoms with Gasteiger partial charge in [-0.15, -0.1) is 0 Å². The van der Waals surface area contributed by atoms with Crippen LogP contribution in [0.1, 0.15) is 11.4 Å². The van der Waals surface area contributed by atoms with E-state index in [2.05, 4.69) is 10.3 Å². The Labute approximate surface area is 123 Å². The Balaban J connectivity index is 1.76. The van der Waals surface area contributed by atoms with Gasteiger partial charge in [0.25, 0.3) is 0 Å². The van der Waals surface area contributed by atoms with Crippen LogP contribution in [0.2, 0.25) is 0 Å². The fourth-order valence-corrected chi connectivity index (χ4v) is 2.28. The summed E-state index contributed by atoms with van der Waals surface area (Å²) in [4.78, 5) is 30.5. The minimum absolute atomic E-state index is 0.0304. The second-order valence-corrected chi connectivity index (χ2v) is 5.09. The lowest BCUT2D eigenvalue weighted by Gasteiger charge is -2.33. The van der Waals surface area contributed by atoms with E-state index >= 15 is 0 Å². The average Bonchev–Trinajstić information content (AvgIpc) is 2.45. The van der Waals surface area contributed by atoms with Crippen LogP contribution < -0.4 is 5.32 Å². The van der Waals surface area contributed by atoms with Crippen LogP contribution in [-0.4, -0.2) is 64.6 Å². The second kappa shape index (κ2) is 7.03. The van der Waals surface area contributed by atoms with Crippen LogP contribution in [0.5, 0.6) is 0 Å². The maximum Gasteiger partial charge on any atom is 0.317 e. The van der Waals surface area contributed by atoms with Crippen molar-refractivity contribution in [3.63, 3.8) is 0 Å². The molecule has 2 N–H and O–H groups in total. The minimum atomic E-state index is -0.835. The monoisotopic (exact) mass is 292 g/mol. The highest BCUT2D eigenvalue weighted by molar-refractivity contribution is 5.74. The van der Waals surface area contributed by atoms with Crippen LogP contribution >= 0.6 is 0 Å². The largest absolute Gasteiger partial charge is 0.480 e. The number of carboxylic acids is 1. The van der Waals surface area contributed by atoms with Gasteiger partial charge in [-0.3, -0.25) is 14.7 Å². The number of urea groups is 1. The molecule has 114 valence electrons. The normalized spacial score (nSPS) is 15.8. The molecule has 0 radical (unpaired) electrons. The molecular weight excluding hydrogens is 272 g/mol. The van der Waals surface area contributed by atoms with Gasteiger partial charge in [-0.2, -0.15) is 0 Å². The Hall–Kier alpha value is -2.15. The Bertz CT molecular complexity index is 513. The van der Waals surface area contributed by atoms with Crippen molar-refractivity contribution in [3.05, 3.63) is 29.6 Å². The molecule has 1 saturated heterocycles. The standard InChI is InChI=1S/C14H20N4O3/c1-11-3-2-4-12(16-11)9-15-14(21)18-7-5-17(6-8-18)10-13(19)20/h2-4H,5-10H2,1H3,(H,15,21)(H,19,20). The first kappa shape index (κ1) is 15.2. The first-order chi connectivity index (χ1) is 10.0. The topological polar surface area (TPSA) is 85.8 Å². The molecule has 0 saturated carbocycles. The third-order valence-electron chi connectivity index (χ3n) is 3.39. The Kier molecular flexibility index (Phi) is 5.10. The average molecular weight is 292 g/mol. The zero-order valence-electron chi connectivity index (χ0n) is 12.1. The van der Waals surface area contributed by atoms with Crippen LogP contribution in [0.4, 0.5) is 4.79 Å². The van der Waals surface area contributed by atoms with Crippen LogP contribution in [0.3, 0.4) is 0 Å². The smallest absolute Gasteiger partial charge is 0.317 e. The third-order valence-corrected chi connectivity index (χ3v) is 3.39. The molecule has 0 aromatic carbocycles. The van der Waals surface area contributed by atoms with E-state index in [1.807, 2.05) is 30.0 Å². The van der Waals surface area contributed by atoms with E-state index in [-0.39, 0.29) is 12.6 Å². The number of amides is 2. The zero-order chi connectivity index (χ0) is 15.2. The number of carbonyl (C=O) groups is 2. The van der Waals surface area contributed by atoms with E-state index in [0.717, 1.165) is 11.4 Å². The number of piperazine rings is 1. The van der Waals surface area contributed by atoms with E-state index in [1.165, 1.54) is 0 Å². The maximum atomic E-state index is 12.0. The molecule has 2 rings (SSSR count). The summed E-state index contributed by atoms with van der Waals surface area (Å²) in [5, 5.41) is 11.6. The summed E-state index contributed by atoms with van der Waals surface area (Å²) in [5.41, 5.74) is 1.75. The van der Waals surface area contributed by atoms with Crippen LogP contribution in [0.15, 0.2) is 18.2 Å². The number of hydrogen-bond donors (Lipinski definition) is 2. The fourth-order valence-electron chi connectivity index (χ4n) is 2.28. The predicted octanol–water partition coefficient (Wildman–Crippen LogP) is 0.302. The van der Waals surface area contributed by atoms with E-state index in [4.69, 9.17) is 5.11 Å². The predicted molar refractivity (Wildman–Crippen MR) is 76.9 cm³/mol. The van der Waals surface area contributed by atoms with Crippen LogP contribution in [0, 0.1) is 6.92 Å². The highest BCUT2D eigenvalue weighted by atomic mass is 16.4. The number of carboxylic acid groups (broad SMARTS) is 1. The van der Waals surface area contributed by atoms with Crippen molar-refractivity contribution in [3.8, 4) is 0 Å². The molecule has 21 heavy (non-hydrogen) atoms. The van der Waals surface area contributed by atoms with Gasteiger partial charge in [-0.05, 0) is 19.1 Å². The molecule has 0 spiro atoms. The lowest BCUT2D eigenvalue weighted by molar-refractivity contribution is -0.138. The molecule has 1 aliphatic rings. The van der Waals surface area contributed by atoms with Crippen molar-refractivity contribution in [1.29, 1.82) is 0 Å². The maximum absolute atomic E-state index is 12.0. The van der Waals surface area contributed by atoms with E-state index < -0.39 is 5.97 Å². The molecule has 0 aliphatic carbocycles. The number of hydrogen-bond acceptors (Lipinski definition) is 4. The number of aromatic nitrogens is 1. The molecule has 2 amide bonds. The fraction of sp³-hybridized carbons (Fsp3) is 0.500. The van der Waals surface area contributed by atoms with Gasteiger partial charge in [0, 0.05) is 31.9 Å². The number of rotatable bonds is 4. The molecule has 2 heterocycles. The van der Waals surface area contributed by atoms with E-state index in [0.29, 0.717) is 32.7 Å². The summed E-state index contributed by atoms with van der Waals surface area (Å²) in [6.07, 6.45) is 0. The zero-order valence-corrected chi connectivity index (χ0v) is 12.1. The SMILES string of the molecule is Cc1cccc(CNC(=O)N2CCN(CC(=O)O)CC2)n1. The summed E-state index contributed by atoms with van der Waals surface area (Å²) < 4.78 is 0. The quantitative estimate of drug-likeness (QED) is 0.834. The molecule has 0 atom stereocenters. The Morgan fingerprint density at radius 1 is 1.29 bits per heavy atom. The number of nitrogens with one attached hydrogen (secondary N) is 1. The third kappa shape index (κ3) is 4.71. The highest BCUT2D eigenvalue weighted by Crippen LogP contribution is 2.03. The van der Waals surface area contributed by atoms with Gasteiger partial charge in [-0.1, -0.05) is 6.07 Å². The molecule has 1 aliphatic heterocycles. The Morgan fingerprint density at radius 3 is 2.62 bits per heavy atom. The van der Waals surface area contributed by atoms with Gasteiger partial charge in [0.2, 0.25) is 0 Å². The highest BCUT2D eigenvalue weighted by Gasteiger charge is 2.21. The first-order valence-electron chi connectivity index (χ1n) is 6.94. The van der Waals surface area contributed by atoms with Crippen molar-refractivity contribution < 1.29 is 14.7 Å². The van der Waals surface area contributed by atoms with Gasteiger partial charge in [0.15, 0.2) is 0 Å². The van der Waals surface area contributed by atoms with Gasteiger partial charge in [0.1, 0.15) is 0 Å². The minimum Gasteiger partial charge on any atom is -0.480 e. The number of pyridine rings is 1. The molecule has 7 nitrogen and oxygen atoms in total. The lowest BCUT2D eigenvalue weighted by Crippen LogP contribution is -2.52. The summed E-state index contributed by atoms with van der Waals surface area (Å²) in [5.74, 6) is -0.835. The van der Waals surface area contributed by atoms with Crippen LogP contribution in [0.25, 0.3) is 0 Å². The molecular formula is C14H20N4O3.